The van der Waals surface area contributed by atoms with Crippen molar-refractivity contribution < 1.29 is 18.7 Å². The maximum absolute atomic E-state index is 13.1. The molecular formula is C28H21FO3. The number of benzene rings is 4. The lowest BCUT2D eigenvalue weighted by Gasteiger charge is -2.08. The first-order chi connectivity index (χ1) is 15.6. The van der Waals surface area contributed by atoms with E-state index in [4.69, 9.17) is 9.47 Å². The molecule has 0 aromatic heterocycles. The van der Waals surface area contributed by atoms with Crippen molar-refractivity contribution in [3.8, 4) is 33.8 Å². The van der Waals surface area contributed by atoms with Gasteiger partial charge in [0.1, 0.15) is 23.9 Å². The summed E-state index contributed by atoms with van der Waals surface area (Å²) in [4.78, 5) is 12.5. The number of rotatable bonds is 7. The molecule has 4 heteroatoms. The molecule has 0 amide bonds. The van der Waals surface area contributed by atoms with Gasteiger partial charge in [-0.15, -0.1) is 0 Å². The highest BCUT2D eigenvalue weighted by molar-refractivity contribution is 5.91. The Labute approximate surface area is 186 Å². The van der Waals surface area contributed by atoms with Gasteiger partial charge >= 0.3 is 5.97 Å². The molecule has 0 spiro atoms. The zero-order valence-corrected chi connectivity index (χ0v) is 17.3. The second kappa shape index (κ2) is 9.75. The maximum Gasteiger partial charge on any atom is 0.343 e. The van der Waals surface area contributed by atoms with Crippen LogP contribution in [0.5, 0.6) is 11.5 Å². The molecule has 4 aromatic rings. The monoisotopic (exact) mass is 424 g/mol. The largest absolute Gasteiger partial charge is 0.490 e. The third-order valence-corrected chi connectivity index (χ3v) is 4.92. The van der Waals surface area contributed by atoms with E-state index in [2.05, 4.69) is 6.58 Å². The summed E-state index contributed by atoms with van der Waals surface area (Å²) < 4.78 is 24.1. The van der Waals surface area contributed by atoms with Gasteiger partial charge in [-0.05, 0) is 70.8 Å². The van der Waals surface area contributed by atoms with E-state index in [1.54, 1.807) is 42.5 Å². The number of carbonyl (C=O) groups is 1. The Morgan fingerprint density at radius 1 is 0.688 bits per heavy atom. The highest BCUT2D eigenvalue weighted by Gasteiger charge is 2.10. The molecule has 0 fully saturated rings. The Balaban J connectivity index is 1.40. The van der Waals surface area contributed by atoms with Crippen LogP contribution < -0.4 is 9.47 Å². The Bertz CT molecular complexity index is 1190. The van der Waals surface area contributed by atoms with Crippen LogP contribution in [0.3, 0.4) is 0 Å². The molecule has 0 unspecified atom stereocenters. The summed E-state index contributed by atoms with van der Waals surface area (Å²) in [5.74, 6) is 0.512. The topological polar surface area (TPSA) is 35.5 Å². The molecule has 158 valence electrons. The fraction of sp³-hybridized carbons (Fsp3) is 0.0357. The van der Waals surface area contributed by atoms with E-state index in [1.165, 1.54) is 12.1 Å². The van der Waals surface area contributed by atoms with Crippen LogP contribution in [-0.2, 0) is 0 Å². The molecule has 0 aliphatic rings. The summed E-state index contributed by atoms with van der Waals surface area (Å²) in [5, 5.41) is 0. The minimum absolute atomic E-state index is 0.278. The Morgan fingerprint density at radius 3 is 1.62 bits per heavy atom. The fourth-order valence-electron chi connectivity index (χ4n) is 3.22. The van der Waals surface area contributed by atoms with Crippen LogP contribution in [-0.4, -0.2) is 12.6 Å². The van der Waals surface area contributed by atoms with Crippen molar-refractivity contribution in [2.45, 2.75) is 0 Å². The second-order valence-electron chi connectivity index (χ2n) is 7.12. The predicted octanol–water partition coefficient (Wildman–Crippen LogP) is 6.94. The van der Waals surface area contributed by atoms with Crippen molar-refractivity contribution in [1.82, 2.24) is 0 Å². The lowest BCUT2D eigenvalue weighted by Crippen LogP contribution is -2.08. The molecule has 0 N–H and O–H groups in total. The highest BCUT2D eigenvalue weighted by atomic mass is 19.1. The van der Waals surface area contributed by atoms with E-state index < -0.39 is 5.97 Å². The van der Waals surface area contributed by atoms with E-state index in [9.17, 15) is 9.18 Å². The second-order valence-corrected chi connectivity index (χ2v) is 7.12. The minimum atomic E-state index is -0.431. The van der Waals surface area contributed by atoms with Gasteiger partial charge in [0.25, 0.3) is 0 Å². The van der Waals surface area contributed by atoms with E-state index in [0.717, 1.165) is 28.0 Å². The first kappa shape index (κ1) is 21.1. The average Bonchev–Trinajstić information content (AvgIpc) is 2.84. The predicted molar refractivity (Wildman–Crippen MR) is 124 cm³/mol. The summed E-state index contributed by atoms with van der Waals surface area (Å²) in [5.41, 5.74) is 4.27. The summed E-state index contributed by atoms with van der Waals surface area (Å²) in [6, 6.07) is 28.3. The number of halogens is 1. The molecular weight excluding hydrogens is 403 g/mol. The number of esters is 1. The van der Waals surface area contributed by atoms with Gasteiger partial charge in [-0.3, -0.25) is 0 Å². The molecule has 0 bridgehead atoms. The van der Waals surface area contributed by atoms with Crippen molar-refractivity contribution in [3.63, 3.8) is 0 Å². The Hall–Kier alpha value is -4.18. The van der Waals surface area contributed by atoms with Crippen LogP contribution >= 0.6 is 0 Å². The highest BCUT2D eigenvalue weighted by Crippen LogP contribution is 2.25. The smallest absolute Gasteiger partial charge is 0.343 e. The zero-order chi connectivity index (χ0) is 22.3. The normalized spacial score (nSPS) is 10.4. The van der Waals surface area contributed by atoms with Gasteiger partial charge in [0.15, 0.2) is 0 Å². The molecule has 3 nitrogen and oxygen atoms in total. The van der Waals surface area contributed by atoms with Gasteiger partial charge in [-0.25, -0.2) is 9.18 Å². The third kappa shape index (κ3) is 5.10. The van der Waals surface area contributed by atoms with E-state index >= 15 is 0 Å². The van der Waals surface area contributed by atoms with Crippen LogP contribution in [0, 0.1) is 5.82 Å². The van der Waals surface area contributed by atoms with Gasteiger partial charge < -0.3 is 9.47 Å². The molecule has 0 heterocycles. The number of ether oxygens (including phenoxy) is 2. The molecule has 0 aliphatic heterocycles. The molecule has 0 radical (unpaired) electrons. The van der Waals surface area contributed by atoms with Crippen LogP contribution in [0.4, 0.5) is 4.39 Å². The first-order valence-corrected chi connectivity index (χ1v) is 10.1. The summed E-state index contributed by atoms with van der Waals surface area (Å²) in [6.45, 7) is 4.10. The van der Waals surface area contributed by atoms with E-state index in [1.807, 2.05) is 48.5 Å². The van der Waals surface area contributed by atoms with Crippen LogP contribution in [0.25, 0.3) is 22.3 Å². The van der Waals surface area contributed by atoms with Gasteiger partial charge in [0.05, 0.1) is 5.56 Å². The molecule has 0 aliphatic carbocycles. The van der Waals surface area contributed by atoms with Crippen molar-refractivity contribution in [2.24, 2.45) is 0 Å². The standard InChI is InChI=1S/C28H21FO3/c1-2-19-31-26-15-9-22(10-16-26)20-3-5-24(6-4-20)28(30)32-27-17-11-23(12-18-27)21-7-13-25(29)14-8-21/h2-18H,1,19H2. The lowest BCUT2D eigenvalue weighted by atomic mass is 10.0. The SMILES string of the molecule is C=CCOc1ccc(-c2ccc(C(=O)Oc3ccc(-c4ccc(F)cc4)cc3)cc2)cc1. The minimum Gasteiger partial charge on any atom is -0.490 e. The molecule has 0 saturated heterocycles. The van der Waals surface area contributed by atoms with Crippen molar-refractivity contribution in [3.05, 3.63) is 121 Å². The molecule has 0 saturated carbocycles. The van der Waals surface area contributed by atoms with E-state index in [0.29, 0.717) is 17.9 Å². The van der Waals surface area contributed by atoms with Gasteiger partial charge in [-0.1, -0.05) is 61.2 Å². The Kier molecular flexibility index (Phi) is 6.42. The van der Waals surface area contributed by atoms with Crippen LogP contribution in [0.2, 0.25) is 0 Å². The summed E-state index contributed by atoms with van der Waals surface area (Å²) in [7, 11) is 0. The third-order valence-electron chi connectivity index (χ3n) is 4.92. The van der Waals surface area contributed by atoms with Gasteiger partial charge in [0.2, 0.25) is 0 Å². The van der Waals surface area contributed by atoms with Crippen molar-refractivity contribution in [2.75, 3.05) is 6.61 Å². The molecule has 4 rings (SSSR count). The summed E-state index contributed by atoms with van der Waals surface area (Å²) in [6.07, 6.45) is 1.70. The van der Waals surface area contributed by atoms with Crippen molar-refractivity contribution >= 4 is 5.97 Å². The Morgan fingerprint density at radius 2 is 1.12 bits per heavy atom. The fourth-order valence-corrected chi connectivity index (χ4v) is 3.22. The number of carbonyl (C=O) groups excluding carboxylic acids is 1. The van der Waals surface area contributed by atoms with Gasteiger partial charge in [-0.2, -0.15) is 0 Å². The van der Waals surface area contributed by atoms with Crippen LogP contribution in [0.15, 0.2) is 110 Å². The molecule has 0 atom stereocenters. The van der Waals surface area contributed by atoms with Crippen molar-refractivity contribution in [1.29, 1.82) is 0 Å². The van der Waals surface area contributed by atoms with Crippen LogP contribution in [0.1, 0.15) is 10.4 Å². The maximum atomic E-state index is 13.1. The quantitative estimate of drug-likeness (QED) is 0.183. The summed E-state index contributed by atoms with van der Waals surface area (Å²) >= 11 is 0. The van der Waals surface area contributed by atoms with E-state index in [-0.39, 0.29) is 5.82 Å². The van der Waals surface area contributed by atoms with Gasteiger partial charge in [0, 0.05) is 0 Å². The number of hydrogen-bond acceptors (Lipinski definition) is 3. The number of hydrogen-bond donors (Lipinski definition) is 0. The molecule has 4 aromatic carbocycles. The average molecular weight is 424 g/mol. The molecule has 32 heavy (non-hydrogen) atoms. The lowest BCUT2D eigenvalue weighted by molar-refractivity contribution is 0.0735. The first-order valence-electron chi connectivity index (χ1n) is 10.1. The zero-order valence-electron chi connectivity index (χ0n) is 17.3.